The fraction of sp³-hybridized carbons (Fsp3) is 0.368. The minimum absolute atomic E-state index is 0.0137. The highest BCUT2D eigenvalue weighted by Gasteiger charge is 2.24. The Bertz CT molecular complexity index is 857. The van der Waals surface area contributed by atoms with Crippen molar-refractivity contribution in [2.24, 2.45) is 0 Å². The number of aryl methyl sites for hydroxylation is 1. The van der Waals surface area contributed by atoms with E-state index in [4.69, 9.17) is 4.98 Å². The van der Waals surface area contributed by atoms with Crippen molar-refractivity contribution in [3.63, 3.8) is 0 Å². The van der Waals surface area contributed by atoms with E-state index in [1.54, 1.807) is 16.2 Å². The fourth-order valence-corrected chi connectivity index (χ4v) is 4.31. The Balaban J connectivity index is 1.57. The van der Waals surface area contributed by atoms with Gasteiger partial charge in [-0.25, -0.2) is 4.98 Å². The zero-order chi connectivity index (χ0) is 17.4. The van der Waals surface area contributed by atoms with Gasteiger partial charge in [-0.05, 0) is 50.1 Å². The standard InChI is InChI=1S/C19H22N4OS/c1-12(18-22-15-6-3-4-8-17(15)25-18)23(2)19(24)16-10-13-11-20-9-5-7-14(13)21-16/h3-4,6,8,10,12,20-21H,5,7,9,11H2,1-2H3. The maximum absolute atomic E-state index is 12.9. The number of carbonyl (C=O) groups excluding carboxylic acids is 1. The molecule has 1 atom stereocenters. The Kier molecular flexibility index (Phi) is 4.31. The molecule has 25 heavy (non-hydrogen) atoms. The molecule has 2 N–H and O–H groups in total. The molecule has 0 fully saturated rings. The summed E-state index contributed by atoms with van der Waals surface area (Å²) in [7, 11) is 1.85. The number of aromatic nitrogens is 2. The van der Waals surface area contributed by atoms with Crippen molar-refractivity contribution in [2.75, 3.05) is 13.6 Å². The number of amides is 1. The lowest BCUT2D eigenvalue weighted by molar-refractivity contribution is 0.0737. The number of H-pyrrole nitrogens is 1. The van der Waals surface area contributed by atoms with E-state index >= 15 is 0 Å². The number of carbonyl (C=O) groups is 1. The zero-order valence-electron chi connectivity index (χ0n) is 14.5. The van der Waals surface area contributed by atoms with E-state index in [0.29, 0.717) is 5.69 Å². The van der Waals surface area contributed by atoms with Gasteiger partial charge in [-0.3, -0.25) is 4.79 Å². The van der Waals surface area contributed by atoms with Gasteiger partial charge in [0.25, 0.3) is 5.91 Å². The molecule has 1 aliphatic heterocycles. The third-order valence-electron chi connectivity index (χ3n) is 4.89. The molecule has 1 unspecified atom stereocenters. The number of nitrogens with one attached hydrogen (secondary N) is 2. The van der Waals surface area contributed by atoms with Gasteiger partial charge in [0, 0.05) is 19.3 Å². The van der Waals surface area contributed by atoms with E-state index in [1.807, 2.05) is 38.2 Å². The van der Waals surface area contributed by atoms with Gasteiger partial charge in [-0.1, -0.05) is 12.1 Å². The molecule has 0 saturated heterocycles. The number of para-hydroxylation sites is 1. The normalized spacial score (nSPS) is 15.6. The monoisotopic (exact) mass is 354 g/mol. The van der Waals surface area contributed by atoms with Gasteiger partial charge in [0.15, 0.2) is 0 Å². The second kappa shape index (κ2) is 6.61. The van der Waals surface area contributed by atoms with Crippen LogP contribution in [0.3, 0.4) is 0 Å². The number of nitrogens with zero attached hydrogens (tertiary/aromatic N) is 2. The van der Waals surface area contributed by atoms with Gasteiger partial charge in [-0.15, -0.1) is 11.3 Å². The molecule has 4 rings (SSSR count). The lowest BCUT2D eigenvalue weighted by Gasteiger charge is -2.22. The van der Waals surface area contributed by atoms with Crippen molar-refractivity contribution in [3.8, 4) is 0 Å². The number of hydrogen-bond donors (Lipinski definition) is 2. The van der Waals surface area contributed by atoms with Gasteiger partial charge in [0.05, 0.1) is 16.3 Å². The summed E-state index contributed by atoms with van der Waals surface area (Å²) in [6, 6.07) is 10.0. The third kappa shape index (κ3) is 3.07. The first kappa shape index (κ1) is 16.3. The average Bonchev–Trinajstić information content (AvgIpc) is 3.18. The Morgan fingerprint density at radius 3 is 3.04 bits per heavy atom. The minimum Gasteiger partial charge on any atom is -0.354 e. The van der Waals surface area contributed by atoms with E-state index in [1.165, 1.54) is 11.3 Å². The van der Waals surface area contributed by atoms with E-state index < -0.39 is 0 Å². The van der Waals surface area contributed by atoms with Gasteiger partial charge in [0.1, 0.15) is 10.7 Å². The van der Waals surface area contributed by atoms with Crippen LogP contribution in [0.25, 0.3) is 10.2 Å². The van der Waals surface area contributed by atoms with Crippen molar-refractivity contribution in [1.29, 1.82) is 0 Å². The SMILES string of the molecule is CC(c1nc2ccccc2s1)N(C)C(=O)c1cc2c([nH]1)CCCNC2. The minimum atomic E-state index is -0.0638. The number of aromatic amines is 1. The molecule has 1 aliphatic rings. The maximum Gasteiger partial charge on any atom is 0.270 e. The molecule has 5 nitrogen and oxygen atoms in total. The summed E-state index contributed by atoms with van der Waals surface area (Å²) in [4.78, 5) is 22.7. The molecule has 0 radical (unpaired) electrons. The van der Waals surface area contributed by atoms with Crippen LogP contribution in [0.2, 0.25) is 0 Å². The Labute approximate surface area is 151 Å². The quantitative estimate of drug-likeness (QED) is 0.757. The van der Waals surface area contributed by atoms with Gasteiger partial charge in [0.2, 0.25) is 0 Å². The summed E-state index contributed by atoms with van der Waals surface area (Å²) in [5.74, 6) is 0.0137. The summed E-state index contributed by atoms with van der Waals surface area (Å²) < 4.78 is 1.16. The second-order valence-corrected chi connectivity index (χ2v) is 7.64. The molecule has 2 aromatic heterocycles. The number of hydrogen-bond acceptors (Lipinski definition) is 4. The summed E-state index contributed by atoms with van der Waals surface area (Å²) in [6.45, 7) is 3.89. The van der Waals surface area contributed by atoms with Crippen molar-refractivity contribution in [1.82, 2.24) is 20.2 Å². The molecule has 6 heteroatoms. The van der Waals surface area contributed by atoms with Crippen LogP contribution in [0, 0.1) is 0 Å². The first-order valence-electron chi connectivity index (χ1n) is 8.67. The number of rotatable bonds is 3. The van der Waals surface area contributed by atoms with E-state index in [0.717, 1.165) is 41.2 Å². The lowest BCUT2D eigenvalue weighted by atomic mass is 10.2. The topological polar surface area (TPSA) is 61.0 Å². The Hall–Kier alpha value is -2.18. The lowest BCUT2D eigenvalue weighted by Crippen LogP contribution is -2.30. The molecule has 0 bridgehead atoms. The molecule has 1 aromatic carbocycles. The van der Waals surface area contributed by atoms with Crippen LogP contribution < -0.4 is 5.32 Å². The first-order valence-corrected chi connectivity index (χ1v) is 9.49. The third-order valence-corrected chi connectivity index (χ3v) is 6.09. The Morgan fingerprint density at radius 1 is 1.36 bits per heavy atom. The number of benzene rings is 1. The van der Waals surface area contributed by atoms with Crippen molar-refractivity contribution < 1.29 is 4.79 Å². The molecule has 130 valence electrons. The van der Waals surface area contributed by atoms with Crippen LogP contribution in [-0.4, -0.2) is 34.4 Å². The molecule has 0 spiro atoms. The predicted octanol–water partition coefficient (Wildman–Crippen LogP) is 3.49. The molecule has 0 aliphatic carbocycles. The maximum atomic E-state index is 12.9. The molecular weight excluding hydrogens is 332 g/mol. The molecule has 1 amide bonds. The van der Waals surface area contributed by atoms with Crippen LogP contribution in [0.1, 0.15) is 46.1 Å². The predicted molar refractivity (Wildman–Crippen MR) is 101 cm³/mol. The summed E-state index contributed by atoms with van der Waals surface area (Å²) in [5, 5.41) is 4.36. The van der Waals surface area contributed by atoms with Crippen molar-refractivity contribution in [3.05, 3.63) is 52.3 Å². The van der Waals surface area contributed by atoms with E-state index in [9.17, 15) is 4.79 Å². The highest BCUT2D eigenvalue weighted by Crippen LogP contribution is 2.29. The van der Waals surface area contributed by atoms with Crippen LogP contribution in [0.5, 0.6) is 0 Å². The summed E-state index contributed by atoms with van der Waals surface area (Å²) in [5.41, 5.74) is 4.06. The highest BCUT2D eigenvalue weighted by atomic mass is 32.1. The van der Waals surface area contributed by atoms with E-state index in [-0.39, 0.29) is 11.9 Å². The van der Waals surface area contributed by atoms with Crippen molar-refractivity contribution >= 4 is 27.5 Å². The Morgan fingerprint density at radius 2 is 2.20 bits per heavy atom. The van der Waals surface area contributed by atoms with Crippen LogP contribution in [-0.2, 0) is 13.0 Å². The van der Waals surface area contributed by atoms with Crippen molar-refractivity contribution in [2.45, 2.75) is 32.4 Å². The number of fused-ring (bicyclic) bond motifs is 2. The average molecular weight is 354 g/mol. The molecular formula is C19H22N4OS. The van der Waals surface area contributed by atoms with Crippen LogP contribution in [0.15, 0.2) is 30.3 Å². The second-order valence-electron chi connectivity index (χ2n) is 6.58. The van der Waals surface area contributed by atoms with Gasteiger partial charge >= 0.3 is 0 Å². The smallest absolute Gasteiger partial charge is 0.270 e. The van der Waals surface area contributed by atoms with Crippen LogP contribution in [0.4, 0.5) is 0 Å². The van der Waals surface area contributed by atoms with E-state index in [2.05, 4.69) is 16.4 Å². The molecule has 3 aromatic rings. The van der Waals surface area contributed by atoms with Crippen LogP contribution >= 0.6 is 11.3 Å². The largest absolute Gasteiger partial charge is 0.354 e. The molecule has 3 heterocycles. The van der Waals surface area contributed by atoms with Gasteiger partial charge in [-0.2, -0.15) is 0 Å². The summed E-state index contributed by atoms with van der Waals surface area (Å²) >= 11 is 1.65. The van der Waals surface area contributed by atoms with Gasteiger partial charge < -0.3 is 15.2 Å². The zero-order valence-corrected chi connectivity index (χ0v) is 15.3. The molecule has 0 saturated carbocycles. The fourth-order valence-electron chi connectivity index (χ4n) is 3.25. The number of thiazole rings is 1. The summed E-state index contributed by atoms with van der Waals surface area (Å²) in [6.07, 6.45) is 2.09. The first-order chi connectivity index (χ1) is 12.1. The highest BCUT2D eigenvalue weighted by molar-refractivity contribution is 7.18.